The molecule has 0 saturated carbocycles. The summed E-state index contributed by atoms with van der Waals surface area (Å²) in [6.07, 6.45) is 4.22. The van der Waals surface area contributed by atoms with Gasteiger partial charge in [-0.25, -0.2) is 9.47 Å². The molecular formula is C92H76N6ORh4S2-2. The van der Waals surface area contributed by atoms with Gasteiger partial charge in [0.05, 0.1) is 5.82 Å². The van der Waals surface area contributed by atoms with Gasteiger partial charge < -0.3 is 14.5 Å². The molecule has 4 heterocycles. The van der Waals surface area contributed by atoms with Crippen molar-refractivity contribution in [2.75, 3.05) is 9.80 Å². The van der Waals surface area contributed by atoms with Crippen molar-refractivity contribution in [3.63, 3.8) is 0 Å². The summed E-state index contributed by atoms with van der Waals surface area (Å²) in [6, 6.07) is 107. The standard InChI is InChI=1S/C23H20N3.C23H19NO.C23H19NS.C23H18NS.4Rh/c1-16-14-20(18-10-6-4-7-11-18)15-17(2)21(16)23-24-22(25-26(23)3)19-12-8-5-9-13-19;2*1-17-13-20(19-9-5-3-6-10-19)14-18(2)23(17)22-15-24(16-25-22)21-11-7-4-8-12-21;1-16-13-20(18-9-5-3-6-10-18)14-17(2)23(16)22-15-21(24-25-22)19-11-7-4-8-12-19;;;;/h4-12,14-15H,1-3H3;2*3-11,13-16H,1-2H3;3-11,13-15H,1-2H3;;;;/q-1;2*-2;-1;;;2*+2. The van der Waals surface area contributed by atoms with E-state index in [1.54, 1.807) is 30.0 Å². The number of aromatic nitrogens is 4. The van der Waals surface area contributed by atoms with Crippen LogP contribution in [-0.2, 0) is 89.7 Å². The Morgan fingerprint density at radius 2 is 0.762 bits per heavy atom. The first-order valence-electron chi connectivity index (χ1n) is 33.7. The van der Waals surface area contributed by atoms with Gasteiger partial charge in [-0.3, -0.25) is 21.4 Å². The molecule has 0 unspecified atom stereocenters. The first-order valence-corrected chi connectivity index (χ1v) is 35.4. The summed E-state index contributed by atoms with van der Waals surface area (Å²) in [5.74, 6) is 4.60. The maximum Gasteiger partial charge on any atom is 2.00 e. The van der Waals surface area contributed by atoms with E-state index in [1.165, 1.54) is 110 Å². The van der Waals surface area contributed by atoms with Crippen LogP contribution >= 0.6 is 23.3 Å². The molecule has 2 aliphatic rings. The maximum atomic E-state index is 5.86. The predicted molar refractivity (Wildman–Crippen MR) is 424 cm³/mol. The summed E-state index contributed by atoms with van der Waals surface area (Å²) in [5.41, 5.74) is 29.9. The van der Waals surface area contributed by atoms with Crippen LogP contribution in [0.2, 0.25) is 0 Å². The van der Waals surface area contributed by atoms with Gasteiger partial charge in [0.2, 0.25) is 0 Å². The first-order chi connectivity index (χ1) is 49.3. The quantitative estimate of drug-likeness (QED) is 0.0892. The molecule has 0 amide bonds. The van der Waals surface area contributed by atoms with Crippen molar-refractivity contribution in [1.29, 1.82) is 0 Å². The largest absolute Gasteiger partial charge is 2.00 e. The Morgan fingerprint density at radius 3 is 1.18 bits per heavy atom. The first kappa shape index (κ1) is 80.2. The number of hydrogen-bond donors (Lipinski definition) is 0. The van der Waals surface area contributed by atoms with Gasteiger partial charge in [0.15, 0.2) is 0 Å². The molecule has 0 atom stereocenters. The summed E-state index contributed by atoms with van der Waals surface area (Å²) in [4.78, 5) is 11.4. The number of rotatable bonds is 12. The molecule has 4 radical (unpaired) electrons. The third kappa shape index (κ3) is 19.4. The Bertz CT molecular complexity index is 4970. The average Bonchev–Trinajstić information content (AvgIpc) is 1.77. The van der Waals surface area contributed by atoms with Crippen LogP contribution in [0.5, 0.6) is 0 Å². The number of aryl methyl sites for hydroxylation is 9. The number of hydrogen-bond acceptors (Lipinski definition) is 8. The van der Waals surface area contributed by atoms with Crippen LogP contribution in [0.15, 0.2) is 285 Å². The van der Waals surface area contributed by atoms with E-state index in [9.17, 15) is 0 Å². The van der Waals surface area contributed by atoms with Crippen LogP contribution in [0.25, 0.3) is 99.6 Å². The third-order valence-corrected chi connectivity index (χ3v) is 19.5. The second-order valence-corrected chi connectivity index (χ2v) is 26.9. The Hall–Kier alpha value is -8.87. The van der Waals surface area contributed by atoms with Crippen molar-refractivity contribution in [2.45, 2.75) is 55.4 Å². The number of benzene rings is 12. The van der Waals surface area contributed by atoms with Crippen molar-refractivity contribution < 1.29 is 82.6 Å². The van der Waals surface area contributed by atoms with Crippen LogP contribution in [-0.4, -0.2) is 19.1 Å². The molecule has 7 nitrogen and oxygen atoms in total. The molecule has 0 aliphatic carbocycles. The van der Waals surface area contributed by atoms with E-state index in [1.807, 2.05) is 120 Å². The van der Waals surface area contributed by atoms with E-state index < -0.39 is 0 Å². The molecular weight excluding hydrogens is 1680 g/mol. The Labute approximate surface area is 679 Å². The van der Waals surface area contributed by atoms with E-state index in [0.717, 1.165) is 50.9 Å². The second-order valence-electron chi connectivity index (χ2n) is 25.2. The molecule has 2 aromatic heterocycles. The predicted octanol–water partition coefficient (Wildman–Crippen LogP) is 24.0. The number of para-hydroxylation sites is 2. The monoisotopic (exact) mass is 1760 g/mol. The minimum Gasteiger partial charge on any atom is -0.640 e. The van der Waals surface area contributed by atoms with Gasteiger partial charge in [0, 0.05) is 73.9 Å². The molecule has 14 aromatic rings. The Balaban J connectivity index is 0.000000160. The zero-order valence-electron chi connectivity index (χ0n) is 59.5. The van der Waals surface area contributed by atoms with Gasteiger partial charge in [-0.1, -0.05) is 183 Å². The molecule has 0 fully saturated rings. The van der Waals surface area contributed by atoms with Crippen LogP contribution < -0.4 is 9.80 Å². The number of thioether (sulfide) groups is 1. The Morgan fingerprint density at radius 1 is 0.381 bits per heavy atom. The fourth-order valence-corrected chi connectivity index (χ4v) is 15.0. The molecule has 530 valence electrons. The summed E-state index contributed by atoms with van der Waals surface area (Å²) >= 11 is 3.33. The van der Waals surface area contributed by atoms with Crippen LogP contribution in [0.3, 0.4) is 0 Å². The SMILES string of the molecule is Cc1cc(-c2ccccc2)cc(C)c1-c1cc(-c2[c-]cccc2)ns1.Cc1cc(-c2ccccc2)cc(C)c1-c1nc(-c2[c-]cccc2)nn1C.Cc1cc(-c2ccccc2)cc(C)c1C1=CN(c2[c-]cccc2)[CH-]O1.Cc1cc(-c2ccccc2)cc(C)c1C1=CN(c2[c-]cccc2)[CH-]S1.[Rh+2].[Rh+2].[Rh].[Rh]. The smallest absolute Gasteiger partial charge is 0.640 e. The van der Waals surface area contributed by atoms with Crippen molar-refractivity contribution >= 4 is 45.3 Å². The van der Waals surface area contributed by atoms with E-state index in [4.69, 9.17) is 9.72 Å². The maximum absolute atomic E-state index is 5.86. The van der Waals surface area contributed by atoms with Crippen molar-refractivity contribution in [3.8, 4) is 89.0 Å². The van der Waals surface area contributed by atoms with Crippen LogP contribution in [0.4, 0.5) is 11.4 Å². The van der Waals surface area contributed by atoms with Gasteiger partial charge in [0.25, 0.3) is 0 Å². The molecule has 13 heteroatoms. The molecule has 105 heavy (non-hydrogen) atoms. The molecule has 0 bridgehead atoms. The van der Waals surface area contributed by atoms with Crippen molar-refractivity contribution in [1.82, 2.24) is 19.1 Å². The van der Waals surface area contributed by atoms with Crippen LogP contribution in [0.1, 0.15) is 55.6 Å². The number of nitrogens with zero attached hydrogens (tertiary/aromatic N) is 6. The molecule has 0 N–H and O–H groups in total. The minimum absolute atomic E-state index is 0. The van der Waals surface area contributed by atoms with Crippen LogP contribution in [0, 0.1) is 92.3 Å². The van der Waals surface area contributed by atoms with Crippen molar-refractivity contribution in [2.24, 2.45) is 7.05 Å². The molecule has 2 aliphatic heterocycles. The summed E-state index contributed by atoms with van der Waals surface area (Å²) in [5, 5.41) is 4.59. The molecule has 16 rings (SSSR count). The normalized spacial score (nSPS) is 11.8. The zero-order valence-corrected chi connectivity index (χ0v) is 67.7. The number of anilines is 2. The van der Waals surface area contributed by atoms with Gasteiger partial charge in [0.1, 0.15) is 11.6 Å². The van der Waals surface area contributed by atoms with Gasteiger partial charge >= 0.3 is 39.0 Å². The second kappa shape index (κ2) is 37.9. The van der Waals surface area contributed by atoms with E-state index in [0.29, 0.717) is 5.82 Å². The van der Waals surface area contributed by atoms with Crippen molar-refractivity contribution in [3.05, 3.63) is 378 Å². The fourth-order valence-electron chi connectivity index (χ4n) is 13.1. The number of ether oxygens (including phenoxy) is 1. The van der Waals surface area contributed by atoms with E-state index >= 15 is 0 Å². The molecule has 0 saturated heterocycles. The minimum atomic E-state index is 0. The van der Waals surface area contributed by atoms with Gasteiger partial charge in [-0.05, 0) is 178 Å². The summed E-state index contributed by atoms with van der Waals surface area (Å²) in [7, 11) is 1.94. The average molecular weight is 1760 g/mol. The van der Waals surface area contributed by atoms with Gasteiger partial charge in [-0.15, -0.1) is 83.2 Å². The Kier molecular flexibility index (Phi) is 29.0. The molecule has 0 spiro atoms. The third-order valence-electron chi connectivity index (χ3n) is 17.8. The van der Waals surface area contributed by atoms with E-state index in [2.05, 4.69) is 282 Å². The zero-order chi connectivity index (χ0) is 69.8. The fraction of sp³-hybridized carbons (Fsp3) is 0.0978. The summed E-state index contributed by atoms with van der Waals surface area (Å²) < 4.78 is 12.3. The topological polar surface area (TPSA) is 59.3 Å². The van der Waals surface area contributed by atoms with E-state index in [-0.39, 0.29) is 77.9 Å². The molecule has 12 aromatic carbocycles. The van der Waals surface area contributed by atoms with Gasteiger partial charge in [-0.2, -0.15) is 66.5 Å². The summed E-state index contributed by atoms with van der Waals surface area (Å²) in [6.45, 7) is 19.0.